The number of ether oxygens (including phenoxy) is 2. The van der Waals surface area contributed by atoms with Gasteiger partial charge in [-0.3, -0.25) is 14.4 Å². The second kappa shape index (κ2) is 10.6. The number of carbonyl (C=O) groups excluding carboxylic acids is 3. The highest BCUT2D eigenvalue weighted by Crippen LogP contribution is 2.68. The number of Topliss-reactive ketones (excluding diaryl/α,β-unsaturated/α-hetero) is 1. The minimum absolute atomic E-state index is 0.0889. The highest BCUT2D eigenvalue weighted by molar-refractivity contribution is 5.84. The van der Waals surface area contributed by atoms with Crippen molar-refractivity contribution < 1.29 is 29.0 Å². The van der Waals surface area contributed by atoms with Crippen molar-refractivity contribution in [3.63, 3.8) is 0 Å². The van der Waals surface area contributed by atoms with E-state index in [1.807, 2.05) is 0 Å². The molecule has 0 aromatic carbocycles. The Morgan fingerprint density at radius 3 is 2.30 bits per heavy atom. The standard InChI is InChI=1S/C31H50O6/c1-17(2)9-8-10-18(3)23-15-25(35)28-27-24(34)14-21-13-22(36-19(4)32)11-12-30(21,6)29(27)26(37-20(5)33)16-31(23,28)7/h17-18,21-23,25-29,35H,8-16H2,1-7H3/t18-,21?,22+,23-,25+,26-,27+,28+,29+,30+,31-/m1/s1. The molecule has 0 aromatic heterocycles. The quantitative estimate of drug-likeness (QED) is 0.433. The van der Waals surface area contributed by atoms with E-state index < -0.39 is 6.10 Å². The molecule has 0 saturated heterocycles. The first kappa shape index (κ1) is 28.6. The number of esters is 2. The van der Waals surface area contributed by atoms with Gasteiger partial charge in [0, 0.05) is 38.0 Å². The maximum Gasteiger partial charge on any atom is 0.302 e. The lowest BCUT2D eigenvalue weighted by Crippen LogP contribution is -2.63. The van der Waals surface area contributed by atoms with Crippen LogP contribution in [0.15, 0.2) is 0 Å². The third-order valence-corrected chi connectivity index (χ3v) is 11.2. The lowest BCUT2D eigenvalue weighted by molar-refractivity contribution is -0.206. The van der Waals surface area contributed by atoms with Crippen molar-refractivity contribution in [3.8, 4) is 0 Å². The number of fused-ring (bicyclic) bond motifs is 5. The van der Waals surface area contributed by atoms with Gasteiger partial charge in [-0.05, 0) is 66.6 Å². The second-order valence-corrected chi connectivity index (χ2v) is 14.0. The average Bonchev–Trinajstić information content (AvgIpc) is 3.03. The molecule has 0 radical (unpaired) electrons. The van der Waals surface area contributed by atoms with Gasteiger partial charge in [-0.25, -0.2) is 0 Å². The van der Waals surface area contributed by atoms with E-state index in [0.717, 1.165) is 25.7 Å². The van der Waals surface area contributed by atoms with Gasteiger partial charge in [0.05, 0.1) is 6.10 Å². The van der Waals surface area contributed by atoms with Gasteiger partial charge in [-0.1, -0.05) is 53.9 Å². The van der Waals surface area contributed by atoms with Crippen LogP contribution in [-0.2, 0) is 23.9 Å². The van der Waals surface area contributed by atoms with Gasteiger partial charge < -0.3 is 14.6 Å². The van der Waals surface area contributed by atoms with Crippen molar-refractivity contribution in [3.05, 3.63) is 0 Å². The lowest BCUT2D eigenvalue weighted by Gasteiger charge is -2.62. The van der Waals surface area contributed by atoms with Gasteiger partial charge in [0.1, 0.15) is 18.0 Å². The monoisotopic (exact) mass is 518 g/mol. The summed E-state index contributed by atoms with van der Waals surface area (Å²) < 4.78 is 11.7. The Labute approximate surface area is 223 Å². The minimum Gasteiger partial charge on any atom is -0.463 e. The van der Waals surface area contributed by atoms with Crippen LogP contribution < -0.4 is 0 Å². The molecule has 1 unspecified atom stereocenters. The predicted octanol–water partition coefficient (Wildman–Crippen LogP) is 5.73. The molecule has 4 rings (SSSR count). The molecular weight excluding hydrogens is 468 g/mol. The highest BCUT2D eigenvalue weighted by atomic mass is 16.5. The van der Waals surface area contributed by atoms with Crippen LogP contribution in [0.3, 0.4) is 0 Å². The zero-order valence-corrected chi connectivity index (χ0v) is 24.1. The fourth-order valence-electron chi connectivity index (χ4n) is 9.67. The third kappa shape index (κ3) is 5.25. The van der Waals surface area contributed by atoms with E-state index in [9.17, 15) is 19.5 Å². The normalized spacial score (nSPS) is 44.0. The topological polar surface area (TPSA) is 89.9 Å². The number of aliphatic hydroxyl groups is 1. The van der Waals surface area contributed by atoms with Gasteiger partial charge >= 0.3 is 11.9 Å². The Bertz CT molecular complexity index is 883. The molecule has 0 heterocycles. The van der Waals surface area contributed by atoms with E-state index >= 15 is 0 Å². The van der Waals surface area contributed by atoms with Crippen LogP contribution in [0.25, 0.3) is 0 Å². The zero-order chi connectivity index (χ0) is 27.3. The van der Waals surface area contributed by atoms with Crippen molar-refractivity contribution in [2.75, 3.05) is 0 Å². The van der Waals surface area contributed by atoms with Crippen LogP contribution >= 0.6 is 0 Å². The number of carbonyl (C=O) groups is 3. The maximum absolute atomic E-state index is 14.0. The first-order chi connectivity index (χ1) is 17.3. The van der Waals surface area contributed by atoms with Crippen molar-refractivity contribution in [1.29, 1.82) is 0 Å². The first-order valence-corrected chi connectivity index (χ1v) is 14.8. The molecule has 11 atom stereocenters. The van der Waals surface area contributed by atoms with E-state index in [4.69, 9.17) is 9.47 Å². The molecule has 4 aliphatic carbocycles. The highest BCUT2D eigenvalue weighted by Gasteiger charge is 2.68. The van der Waals surface area contributed by atoms with Gasteiger partial charge in [-0.15, -0.1) is 0 Å². The van der Waals surface area contributed by atoms with E-state index in [2.05, 4.69) is 34.6 Å². The Hall–Kier alpha value is -1.43. The van der Waals surface area contributed by atoms with Gasteiger partial charge in [0.15, 0.2) is 0 Å². The van der Waals surface area contributed by atoms with E-state index in [-0.39, 0.29) is 64.4 Å². The van der Waals surface area contributed by atoms with Crippen LogP contribution in [0.1, 0.15) is 106 Å². The number of ketones is 1. The fourth-order valence-corrected chi connectivity index (χ4v) is 9.67. The van der Waals surface area contributed by atoms with Crippen LogP contribution in [0.4, 0.5) is 0 Å². The molecule has 0 spiro atoms. The largest absolute Gasteiger partial charge is 0.463 e. The summed E-state index contributed by atoms with van der Waals surface area (Å²) in [5.74, 6) is 0.649. The molecular formula is C31H50O6. The van der Waals surface area contributed by atoms with E-state index in [1.54, 1.807) is 0 Å². The Morgan fingerprint density at radius 1 is 1.00 bits per heavy atom. The molecule has 0 aliphatic heterocycles. The van der Waals surface area contributed by atoms with Crippen LogP contribution in [0.5, 0.6) is 0 Å². The number of hydrogen-bond acceptors (Lipinski definition) is 6. The Morgan fingerprint density at radius 2 is 1.68 bits per heavy atom. The van der Waals surface area contributed by atoms with Crippen LogP contribution in [0.2, 0.25) is 0 Å². The molecule has 6 heteroatoms. The van der Waals surface area contributed by atoms with Crippen molar-refractivity contribution in [1.82, 2.24) is 0 Å². The van der Waals surface area contributed by atoms with Gasteiger partial charge in [0.25, 0.3) is 0 Å². The number of rotatable bonds is 7. The molecule has 0 aromatic rings. The Balaban J connectivity index is 1.66. The minimum atomic E-state index is -0.505. The number of aliphatic hydroxyl groups excluding tert-OH is 1. The smallest absolute Gasteiger partial charge is 0.302 e. The fraction of sp³-hybridized carbons (Fsp3) is 0.903. The van der Waals surface area contributed by atoms with Crippen molar-refractivity contribution in [2.45, 2.75) is 125 Å². The summed E-state index contributed by atoms with van der Waals surface area (Å²) in [5, 5.41) is 11.6. The molecule has 37 heavy (non-hydrogen) atoms. The average molecular weight is 519 g/mol. The van der Waals surface area contributed by atoms with E-state index in [0.29, 0.717) is 37.0 Å². The van der Waals surface area contributed by atoms with Crippen LogP contribution in [-0.4, -0.2) is 41.1 Å². The third-order valence-electron chi connectivity index (χ3n) is 11.2. The summed E-state index contributed by atoms with van der Waals surface area (Å²) in [7, 11) is 0. The van der Waals surface area contributed by atoms with Crippen molar-refractivity contribution in [2.24, 2.45) is 52.3 Å². The molecule has 0 bridgehead atoms. The molecule has 210 valence electrons. The van der Waals surface area contributed by atoms with Crippen LogP contribution in [0, 0.1) is 52.3 Å². The molecule has 0 amide bonds. The van der Waals surface area contributed by atoms with E-state index in [1.165, 1.54) is 26.7 Å². The summed E-state index contributed by atoms with van der Waals surface area (Å²) in [4.78, 5) is 38.0. The summed E-state index contributed by atoms with van der Waals surface area (Å²) in [6.45, 7) is 14.3. The summed E-state index contributed by atoms with van der Waals surface area (Å²) in [5.41, 5.74) is -0.441. The predicted molar refractivity (Wildman–Crippen MR) is 141 cm³/mol. The molecule has 1 N–H and O–H groups in total. The summed E-state index contributed by atoms with van der Waals surface area (Å²) >= 11 is 0. The lowest BCUT2D eigenvalue weighted by atomic mass is 9.43. The molecule has 4 aliphatic rings. The van der Waals surface area contributed by atoms with Gasteiger partial charge in [-0.2, -0.15) is 0 Å². The zero-order valence-electron chi connectivity index (χ0n) is 24.1. The van der Waals surface area contributed by atoms with Crippen molar-refractivity contribution >= 4 is 17.7 Å². The SMILES string of the molecule is CC(=O)O[C@H]1CC[C@@]2(C)C(CC(=O)[C@H]3[C@@H]4[C@@H](O)C[C@H]([C@H](C)CCCC(C)C)[C@@]4(C)C[C@@H](OC(C)=O)[C@@H]32)C1. The molecule has 6 nitrogen and oxygen atoms in total. The summed E-state index contributed by atoms with van der Waals surface area (Å²) in [6, 6.07) is 0. The maximum atomic E-state index is 14.0. The number of hydrogen-bond donors (Lipinski definition) is 1. The Kier molecular flexibility index (Phi) is 8.20. The molecule has 4 fully saturated rings. The first-order valence-electron chi connectivity index (χ1n) is 14.8. The summed E-state index contributed by atoms with van der Waals surface area (Å²) in [6.07, 6.45) is 6.65. The molecule has 4 saturated carbocycles. The second-order valence-electron chi connectivity index (χ2n) is 14.0. The van der Waals surface area contributed by atoms with Gasteiger partial charge in [0.2, 0.25) is 0 Å².